The molecule has 0 bridgehead atoms. The van der Waals surface area contributed by atoms with Gasteiger partial charge in [-0.15, -0.1) is 0 Å². The smallest absolute Gasteiger partial charge is 0.158 e. The largest absolute Gasteiger partial charge is 0.353 e. The molecule has 1 saturated heterocycles. The lowest BCUT2D eigenvalue weighted by Crippen LogP contribution is -2.42. The maximum absolute atomic E-state index is 6.45. The van der Waals surface area contributed by atoms with Crippen molar-refractivity contribution in [3.63, 3.8) is 0 Å². The van der Waals surface area contributed by atoms with Crippen LogP contribution >= 0.6 is 0 Å². The van der Waals surface area contributed by atoms with Gasteiger partial charge in [-0.05, 0) is 78.9 Å². The van der Waals surface area contributed by atoms with Gasteiger partial charge in [-0.25, -0.2) is 0 Å². The summed E-state index contributed by atoms with van der Waals surface area (Å²) in [4.78, 5) is 0. The van der Waals surface area contributed by atoms with E-state index in [1.165, 1.54) is 5.57 Å². The SMILES string of the molecule is CCC1=CCC(C)(C)C(C#CC#CC#Cc2ccccc2)C1OC1CCCCO1. The molecule has 1 aromatic rings. The van der Waals surface area contributed by atoms with Gasteiger partial charge in [0.1, 0.15) is 0 Å². The fourth-order valence-corrected chi connectivity index (χ4v) is 3.83. The maximum Gasteiger partial charge on any atom is 0.158 e. The summed E-state index contributed by atoms with van der Waals surface area (Å²) in [6.45, 7) is 7.49. The van der Waals surface area contributed by atoms with E-state index in [0.29, 0.717) is 0 Å². The minimum Gasteiger partial charge on any atom is -0.353 e. The molecule has 3 atom stereocenters. The Morgan fingerprint density at radius 1 is 1.07 bits per heavy atom. The number of hydrogen-bond donors (Lipinski definition) is 0. The molecule has 0 spiro atoms. The first-order chi connectivity index (χ1) is 14.1. The molecule has 2 heteroatoms. The summed E-state index contributed by atoms with van der Waals surface area (Å²) < 4.78 is 12.3. The van der Waals surface area contributed by atoms with Crippen LogP contribution in [0.3, 0.4) is 0 Å². The van der Waals surface area contributed by atoms with Crippen LogP contribution in [0.2, 0.25) is 0 Å². The Morgan fingerprint density at radius 2 is 1.86 bits per heavy atom. The third kappa shape index (κ3) is 6.02. The van der Waals surface area contributed by atoms with Crippen LogP contribution in [0.25, 0.3) is 0 Å². The van der Waals surface area contributed by atoms with E-state index in [2.05, 4.69) is 62.4 Å². The second-order valence-corrected chi connectivity index (χ2v) is 8.29. The molecular weight excluding hydrogens is 356 g/mol. The Kier molecular flexibility index (Phi) is 7.61. The number of rotatable bonds is 3. The van der Waals surface area contributed by atoms with E-state index >= 15 is 0 Å². The lowest BCUT2D eigenvalue weighted by Gasteiger charge is -2.42. The molecule has 29 heavy (non-hydrogen) atoms. The van der Waals surface area contributed by atoms with Crippen molar-refractivity contribution < 1.29 is 9.47 Å². The van der Waals surface area contributed by atoms with Gasteiger partial charge in [0, 0.05) is 12.2 Å². The molecule has 0 N–H and O–H groups in total. The van der Waals surface area contributed by atoms with E-state index in [9.17, 15) is 0 Å². The summed E-state index contributed by atoms with van der Waals surface area (Å²) in [5.74, 6) is 18.2. The minimum atomic E-state index is -0.121. The lowest BCUT2D eigenvalue weighted by molar-refractivity contribution is -0.194. The maximum atomic E-state index is 6.45. The van der Waals surface area contributed by atoms with Gasteiger partial charge < -0.3 is 9.47 Å². The average Bonchev–Trinajstić information content (AvgIpc) is 2.73. The zero-order chi connectivity index (χ0) is 20.5. The average molecular weight is 387 g/mol. The Hall–Kier alpha value is -2.44. The van der Waals surface area contributed by atoms with Gasteiger partial charge in [0.25, 0.3) is 0 Å². The first kappa shape index (κ1) is 21.3. The summed E-state index contributed by atoms with van der Waals surface area (Å²) in [5, 5.41) is 0. The third-order valence-corrected chi connectivity index (χ3v) is 5.64. The number of ether oxygens (including phenoxy) is 2. The molecular formula is C27H30O2. The molecule has 2 nitrogen and oxygen atoms in total. The quantitative estimate of drug-likeness (QED) is 0.516. The predicted molar refractivity (Wildman–Crippen MR) is 118 cm³/mol. The molecule has 1 aliphatic heterocycles. The van der Waals surface area contributed by atoms with Crippen molar-refractivity contribution in [2.24, 2.45) is 11.3 Å². The summed E-state index contributed by atoms with van der Waals surface area (Å²) in [5.41, 5.74) is 2.32. The molecule has 3 unspecified atom stereocenters. The molecule has 1 aromatic carbocycles. The van der Waals surface area contributed by atoms with Gasteiger partial charge in [-0.1, -0.05) is 56.9 Å². The highest BCUT2D eigenvalue weighted by Crippen LogP contribution is 2.42. The molecule has 1 fully saturated rings. The predicted octanol–water partition coefficient (Wildman–Crippen LogP) is 5.34. The monoisotopic (exact) mass is 386 g/mol. The van der Waals surface area contributed by atoms with E-state index in [1.54, 1.807) is 0 Å². The summed E-state index contributed by atoms with van der Waals surface area (Å²) in [6, 6.07) is 9.86. The molecule has 0 saturated carbocycles. The van der Waals surface area contributed by atoms with Gasteiger partial charge in [0.2, 0.25) is 0 Å². The van der Waals surface area contributed by atoms with Crippen LogP contribution in [-0.4, -0.2) is 19.0 Å². The van der Waals surface area contributed by atoms with Crippen molar-refractivity contribution in [1.29, 1.82) is 0 Å². The number of allylic oxidation sites excluding steroid dienone is 1. The molecule has 3 rings (SSSR count). The fourth-order valence-electron chi connectivity index (χ4n) is 3.83. The normalized spacial score (nSPS) is 25.2. The van der Waals surface area contributed by atoms with Gasteiger partial charge in [0.05, 0.1) is 12.0 Å². The first-order valence-electron chi connectivity index (χ1n) is 10.6. The summed E-state index contributed by atoms with van der Waals surface area (Å²) >= 11 is 0. The summed E-state index contributed by atoms with van der Waals surface area (Å²) in [7, 11) is 0. The van der Waals surface area contributed by atoms with Crippen molar-refractivity contribution in [2.45, 2.75) is 65.3 Å². The molecule has 1 aliphatic carbocycles. The third-order valence-electron chi connectivity index (χ3n) is 5.64. The molecule has 0 aromatic heterocycles. The van der Waals surface area contributed by atoms with Gasteiger partial charge in [0.15, 0.2) is 6.29 Å². The molecule has 1 heterocycles. The number of hydrogen-bond acceptors (Lipinski definition) is 2. The molecule has 2 aliphatic rings. The van der Waals surface area contributed by atoms with E-state index < -0.39 is 0 Å². The molecule has 150 valence electrons. The van der Waals surface area contributed by atoms with Crippen LogP contribution in [-0.2, 0) is 9.47 Å². The Balaban J connectivity index is 1.75. The van der Waals surface area contributed by atoms with Crippen molar-refractivity contribution >= 4 is 0 Å². The summed E-state index contributed by atoms with van der Waals surface area (Å²) in [6.07, 6.45) is 7.40. The second-order valence-electron chi connectivity index (χ2n) is 8.29. The van der Waals surface area contributed by atoms with Crippen molar-refractivity contribution in [1.82, 2.24) is 0 Å². The molecule has 0 amide bonds. The highest BCUT2D eigenvalue weighted by molar-refractivity contribution is 5.43. The zero-order valence-corrected chi connectivity index (χ0v) is 17.8. The van der Waals surface area contributed by atoms with Crippen molar-refractivity contribution in [2.75, 3.05) is 6.61 Å². The standard InChI is InChI=1S/C27H30O2/c1-4-23-19-20-27(2,3)24(26(23)29-25-18-12-13-21-28-25)17-11-6-5-8-14-22-15-9-7-10-16-22/h7,9-10,15-16,19,24-26H,4,12-13,18,20-21H2,1-3H3. The van der Waals surface area contributed by atoms with Gasteiger partial charge in [-0.3, -0.25) is 0 Å². The van der Waals surface area contributed by atoms with E-state index in [4.69, 9.17) is 9.47 Å². The van der Waals surface area contributed by atoms with E-state index in [1.807, 2.05) is 30.3 Å². The lowest BCUT2D eigenvalue weighted by atomic mass is 9.67. The van der Waals surface area contributed by atoms with Crippen molar-refractivity contribution in [3.8, 4) is 35.5 Å². The zero-order valence-electron chi connectivity index (χ0n) is 17.8. The highest BCUT2D eigenvalue weighted by Gasteiger charge is 2.40. The van der Waals surface area contributed by atoms with Crippen LogP contribution in [0, 0.1) is 46.9 Å². The molecule has 0 radical (unpaired) electrons. The Labute approximate surface area is 176 Å². The fraction of sp³-hybridized carbons (Fsp3) is 0.481. The highest BCUT2D eigenvalue weighted by atomic mass is 16.7. The van der Waals surface area contributed by atoms with E-state index in [-0.39, 0.29) is 23.7 Å². The minimum absolute atomic E-state index is 0.0302. The number of benzene rings is 1. The van der Waals surface area contributed by atoms with Gasteiger partial charge >= 0.3 is 0 Å². The van der Waals surface area contributed by atoms with Crippen LogP contribution in [0.15, 0.2) is 42.0 Å². The van der Waals surface area contributed by atoms with Gasteiger partial charge in [-0.2, -0.15) is 0 Å². The van der Waals surface area contributed by atoms with Crippen LogP contribution < -0.4 is 0 Å². The van der Waals surface area contributed by atoms with Crippen molar-refractivity contribution in [3.05, 3.63) is 47.5 Å². The first-order valence-corrected chi connectivity index (χ1v) is 10.6. The second kappa shape index (κ2) is 10.4. The Bertz CT molecular complexity index is 884. The van der Waals surface area contributed by atoms with Crippen LogP contribution in [0.1, 0.15) is 58.4 Å². The Morgan fingerprint density at radius 3 is 2.59 bits per heavy atom. The van der Waals surface area contributed by atoms with E-state index in [0.717, 1.165) is 44.3 Å². The topological polar surface area (TPSA) is 18.5 Å². The van der Waals surface area contributed by atoms with Crippen LogP contribution in [0.5, 0.6) is 0 Å². The van der Waals surface area contributed by atoms with Crippen LogP contribution in [0.4, 0.5) is 0 Å².